The maximum atomic E-state index is 11.1. The van der Waals surface area contributed by atoms with Gasteiger partial charge in [0.05, 0.1) is 0 Å². The minimum atomic E-state index is -0.446. The smallest absolute Gasteiger partial charge is 0.248 e. The molecule has 0 fully saturated rings. The molecule has 0 saturated carbocycles. The normalized spacial score (nSPS) is 11.9. The molecule has 5 N–H and O–H groups in total. The second-order valence-corrected chi connectivity index (χ2v) is 5.31. The van der Waals surface area contributed by atoms with Crippen molar-refractivity contribution >= 4 is 27.5 Å². The van der Waals surface area contributed by atoms with E-state index in [1.165, 1.54) is 0 Å². The molecule has 0 radical (unpaired) electrons. The summed E-state index contributed by atoms with van der Waals surface area (Å²) in [7, 11) is 0. The Morgan fingerprint density at radius 1 is 1.20 bits per heavy atom. The van der Waals surface area contributed by atoms with E-state index in [0.717, 1.165) is 15.7 Å². The van der Waals surface area contributed by atoms with Crippen LogP contribution in [0.3, 0.4) is 0 Å². The fourth-order valence-electron chi connectivity index (χ4n) is 1.85. The average molecular weight is 334 g/mol. The van der Waals surface area contributed by atoms with Gasteiger partial charge in [-0.1, -0.05) is 30.3 Å². The predicted molar refractivity (Wildman–Crippen MR) is 84.5 cm³/mol. The Morgan fingerprint density at radius 2 is 1.90 bits per heavy atom. The van der Waals surface area contributed by atoms with Gasteiger partial charge in [-0.3, -0.25) is 4.79 Å². The predicted octanol–water partition coefficient (Wildman–Crippen LogP) is 2.66. The summed E-state index contributed by atoms with van der Waals surface area (Å²) in [6.45, 7) is 0.596. The van der Waals surface area contributed by atoms with Crippen molar-refractivity contribution in [3.63, 3.8) is 0 Å². The summed E-state index contributed by atoms with van der Waals surface area (Å²) >= 11 is 3.41. The molecule has 20 heavy (non-hydrogen) atoms. The van der Waals surface area contributed by atoms with Gasteiger partial charge in [-0.15, -0.1) is 0 Å². The lowest BCUT2D eigenvalue weighted by atomic mass is 10.1. The summed E-state index contributed by atoms with van der Waals surface area (Å²) in [4.78, 5) is 11.1. The zero-order chi connectivity index (χ0) is 14.5. The van der Waals surface area contributed by atoms with Gasteiger partial charge in [-0.25, -0.2) is 0 Å². The molecule has 2 aromatic rings. The molecule has 0 aliphatic rings. The third kappa shape index (κ3) is 3.59. The van der Waals surface area contributed by atoms with Crippen molar-refractivity contribution in [3.05, 3.63) is 64.1 Å². The average Bonchev–Trinajstić information content (AvgIpc) is 2.46. The number of primary amides is 1. The zero-order valence-corrected chi connectivity index (χ0v) is 12.4. The van der Waals surface area contributed by atoms with Crippen molar-refractivity contribution in [2.75, 3.05) is 11.9 Å². The zero-order valence-electron chi connectivity index (χ0n) is 10.8. The van der Waals surface area contributed by atoms with Gasteiger partial charge in [-0.2, -0.15) is 0 Å². The van der Waals surface area contributed by atoms with Gasteiger partial charge in [0.1, 0.15) is 0 Å². The number of rotatable bonds is 5. The van der Waals surface area contributed by atoms with Crippen molar-refractivity contribution in [2.45, 2.75) is 6.04 Å². The summed E-state index contributed by atoms with van der Waals surface area (Å²) in [6, 6.07) is 15.0. The number of nitrogens with one attached hydrogen (secondary N) is 1. The molecular formula is C15H16BrN3O. The van der Waals surface area contributed by atoms with Gasteiger partial charge in [0, 0.05) is 28.3 Å². The number of hydrogen-bond acceptors (Lipinski definition) is 3. The fourth-order valence-corrected chi connectivity index (χ4v) is 2.37. The van der Waals surface area contributed by atoms with Crippen LogP contribution in [0.2, 0.25) is 0 Å². The van der Waals surface area contributed by atoms with Crippen LogP contribution in [0.15, 0.2) is 53.0 Å². The van der Waals surface area contributed by atoms with Gasteiger partial charge in [0.25, 0.3) is 0 Å². The first-order valence-corrected chi connectivity index (χ1v) is 7.01. The second-order valence-electron chi connectivity index (χ2n) is 4.46. The number of amides is 1. The van der Waals surface area contributed by atoms with Crippen LogP contribution in [-0.4, -0.2) is 12.5 Å². The van der Waals surface area contributed by atoms with E-state index in [4.69, 9.17) is 11.5 Å². The lowest BCUT2D eigenvalue weighted by molar-refractivity contribution is 0.100. The number of hydrogen-bond donors (Lipinski definition) is 3. The molecule has 4 nitrogen and oxygen atoms in total. The Balaban J connectivity index is 2.02. The third-order valence-corrected chi connectivity index (χ3v) is 3.65. The third-order valence-electron chi connectivity index (χ3n) is 2.99. The molecule has 0 aromatic heterocycles. The van der Waals surface area contributed by atoms with Crippen LogP contribution in [0.4, 0.5) is 5.69 Å². The number of halogens is 1. The number of benzene rings is 2. The molecule has 1 atom stereocenters. The highest BCUT2D eigenvalue weighted by atomic mass is 79.9. The lowest BCUT2D eigenvalue weighted by Crippen LogP contribution is -2.20. The van der Waals surface area contributed by atoms with Crippen molar-refractivity contribution in [3.8, 4) is 0 Å². The topological polar surface area (TPSA) is 81.1 Å². The molecule has 0 aliphatic heterocycles. The molecule has 0 spiro atoms. The Labute approximate surface area is 126 Å². The van der Waals surface area contributed by atoms with Crippen LogP contribution in [0.25, 0.3) is 0 Å². The number of nitrogens with two attached hydrogens (primary N) is 2. The SMILES string of the molecule is NC(=O)c1ccc(NCC(N)c2ccccc2)c(Br)c1. The van der Waals surface area contributed by atoms with E-state index in [9.17, 15) is 4.79 Å². The molecular weight excluding hydrogens is 318 g/mol. The first-order chi connectivity index (χ1) is 9.58. The van der Waals surface area contributed by atoms with Gasteiger partial charge < -0.3 is 16.8 Å². The van der Waals surface area contributed by atoms with E-state index in [2.05, 4.69) is 21.2 Å². The van der Waals surface area contributed by atoms with Gasteiger partial charge in [0.15, 0.2) is 0 Å². The van der Waals surface area contributed by atoms with Crippen LogP contribution in [0.1, 0.15) is 22.0 Å². The highest BCUT2D eigenvalue weighted by Crippen LogP contribution is 2.24. The van der Waals surface area contributed by atoms with Crippen molar-refractivity contribution < 1.29 is 4.79 Å². The van der Waals surface area contributed by atoms with Crippen molar-refractivity contribution in [1.82, 2.24) is 0 Å². The molecule has 0 heterocycles. The molecule has 1 unspecified atom stereocenters. The van der Waals surface area contributed by atoms with Crippen LogP contribution in [0, 0.1) is 0 Å². The highest BCUT2D eigenvalue weighted by Gasteiger charge is 2.08. The summed E-state index contributed by atoms with van der Waals surface area (Å²) in [6.07, 6.45) is 0. The van der Waals surface area contributed by atoms with E-state index in [-0.39, 0.29) is 6.04 Å². The van der Waals surface area contributed by atoms with Gasteiger partial charge in [-0.05, 0) is 39.7 Å². The van der Waals surface area contributed by atoms with Crippen LogP contribution in [-0.2, 0) is 0 Å². The summed E-state index contributed by atoms with van der Waals surface area (Å²) < 4.78 is 0.786. The minimum Gasteiger partial charge on any atom is -0.382 e. The van der Waals surface area contributed by atoms with E-state index < -0.39 is 5.91 Å². The molecule has 104 valence electrons. The Morgan fingerprint density at radius 3 is 2.50 bits per heavy atom. The minimum absolute atomic E-state index is 0.0982. The summed E-state index contributed by atoms with van der Waals surface area (Å²) in [5, 5.41) is 3.25. The number of carbonyl (C=O) groups excluding carboxylic acids is 1. The molecule has 5 heteroatoms. The standard InChI is InChI=1S/C15H16BrN3O/c16-12-8-11(15(18)20)6-7-14(12)19-9-13(17)10-4-2-1-3-5-10/h1-8,13,19H,9,17H2,(H2,18,20). The number of carbonyl (C=O) groups is 1. The Bertz CT molecular complexity index is 601. The van der Waals surface area contributed by atoms with Crippen LogP contribution in [0.5, 0.6) is 0 Å². The first kappa shape index (κ1) is 14.6. The maximum absolute atomic E-state index is 11.1. The summed E-state index contributed by atoms with van der Waals surface area (Å²) in [5.74, 6) is -0.446. The quantitative estimate of drug-likeness (QED) is 0.786. The van der Waals surface area contributed by atoms with Crippen molar-refractivity contribution in [1.29, 1.82) is 0 Å². The van der Waals surface area contributed by atoms with Gasteiger partial charge >= 0.3 is 0 Å². The molecule has 0 saturated heterocycles. The highest BCUT2D eigenvalue weighted by molar-refractivity contribution is 9.10. The first-order valence-electron chi connectivity index (χ1n) is 6.21. The monoisotopic (exact) mass is 333 g/mol. The number of anilines is 1. The van der Waals surface area contributed by atoms with E-state index in [1.54, 1.807) is 12.1 Å². The lowest BCUT2D eigenvalue weighted by Gasteiger charge is -2.15. The van der Waals surface area contributed by atoms with E-state index in [0.29, 0.717) is 12.1 Å². The van der Waals surface area contributed by atoms with Gasteiger partial charge in [0.2, 0.25) is 5.91 Å². The van der Waals surface area contributed by atoms with Crippen LogP contribution >= 0.6 is 15.9 Å². The molecule has 2 aromatic carbocycles. The molecule has 0 aliphatic carbocycles. The Hall–Kier alpha value is -1.85. The largest absolute Gasteiger partial charge is 0.382 e. The second kappa shape index (κ2) is 6.54. The molecule has 0 bridgehead atoms. The summed E-state index contributed by atoms with van der Waals surface area (Å²) in [5.41, 5.74) is 13.8. The molecule has 2 rings (SSSR count). The Kier molecular flexibility index (Phi) is 4.76. The van der Waals surface area contributed by atoms with E-state index >= 15 is 0 Å². The fraction of sp³-hybridized carbons (Fsp3) is 0.133. The van der Waals surface area contributed by atoms with Crippen LogP contribution < -0.4 is 16.8 Å². The van der Waals surface area contributed by atoms with Crippen molar-refractivity contribution in [2.24, 2.45) is 11.5 Å². The van der Waals surface area contributed by atoms with E-state index in [1.807, 2.05) is 36.4 Å². The maximum Gasteiger partial charge on any atom is 0.248 e. The molecule has 1 amide bonds.